The van der Waals surface area contributed by atoms with Crippen LogP contribution in [0.4, 0.5) is 9.59 Å². The van der Waals surface area contributed by atoms with Gasteiger partial charge in [0.25, 0.3) is 0 Å². The standard InChI is InChI=1S/C21H39NO3Si.C15H23NO3/c1-20(2,3)24-19(23)22-16(14-9-10-14)13-17(18(22)15-11-12-15)25-26(7,8)21(4,5)6;1-15(2,3)19-14(18)16-11(9-4-5-9)8-12(17)13(16)10-6-7-10/h14-18H,9-13H2,1-8H3;9-11,13H,4-8H2,1-3H3/t16?,17-,18-;11?,13-/m00/s1. The van der Waals surface area contributed by atoms with Crippen molar-refractivity contribution in [2.45, 2.75) is 186 Å². The van der Waals surface area contributed by atoms with Crippen molar-refractivity contribution in [2.24, 2.45) is 23.7 Å². The molecule has 2 aliphatic heterocycles. The van der Waals surface area contributed by atoms with Crippen molar-refractivity contribution in [1.29, 1.82) is 0 Å². The quantitative estimate of drug-likeness (QED) is 0.270. The van der Waals surface area contributed by atoms with E-state index in [0.717, 1.165) is 32.1 Å². The van der Waals surface area contributed by atoms with Crippen LogP contribution in [0, 0.1) is 23.7 Å². The number of rotatable bonds is 6. The van der Waals surface area contributed by atoms with Crippen LogP contribution in [0.15, 0.2) is 0 Å². The molecule has 6 aliphatic rings. The van der Waals surface area contributed by atoms with Gasteiger partial charge in [-0.25, -0.2) is 9.59 Å². The Hall–Kier alpha value is -1.61. The van der Waals surface area contributed by atoms with E-state index in [9.17, 15) is 14.4 Å². The number of nitrogens with zero attached hydrogens (tertiary/aromatic N) is 2. The molecule has 9 heteroatoms. The molecule has 256 valence electrons. The lowest BCUT2D eigenvalue weighted by Crippen LogP contribution is -2.51. The van der Waals surface area contributed by atoms with Gasteiger partial charge in [-0.3, -0.25) is 14.6 Å². The molecule has 0 aromatic rings. The molecule has 6 rings (SSSR count). The van der Waals surface area contributed by atoms with Gasteiger partial charge in [0.2, 0.25) is 0 Å². The van der Waals surface area contributed by atoms with Crippen molar-refractivity contribution < 1.29 is 28.3 Å². The Bertz CT molecular complexity index is 1120. The minimum atomic E-state index is -1.86. The Balaban J connectivity index is 0.000000186. The summed E-state index contributed by atoms with van der Waals surface area (Å²) in [5.41, 5.74) is -0.942. The highest BCUT2D eigenvalue weighted by Crippen LogP contribution is 2.51. The third kappa shape index (κ3) is 8.46. The Labute approximate surface area is 273 Å². The summed E-state index contributed by atoms with van der Waals surface area (Å²) in [5.74, 6) is 2.42. The molecule has 0 N–H and O–H groups in total. The molecule has 8 nitrogen and oxygen atoms in total. The molecule has 0 aromatic carbocycles. The van der Waals surface area contributed by atoms with Gasteiger partial charge < -0.3 is 13.9 Å². The molecule has 2 amide bonds. The summed E-state index contributed by atoms with van der Waals surface area (Å²) in [6.45, 7) is 23.1. The number of ketones is 1. The van der Waals surface area contributed by atoms with E-state index in [-0.39, 0.29) is 47.2 Å². The van der Waals surface area contributed by atoms with Crippen molar-refractivity contribution in [3.8, 4) is 0 Å². The Kier molecular flexibility index (Phi) is 9.35. The summed E-state index contributed by atoms with van der Waals surface area (Å²) in [6, 6.07) is 0.434. The van der Waals surface area contributed by atoms with Gasteiger partial charge in [0, 0.05) is 18.5 Å². The fourth-order valence-electron chi connectivity index (χ4n) is 7.13. The fourth-order valence-corrected chi connectivity index (χ4v) is 8.48. The molecule has 4 aliphatic carbocycles. The highest BCUT2D eigenvalue weighted by atomic mass is 28.4. The van der Waals surface area contributed by atoms with E-state index < -0.39 is 19.5 Å². The second-order valence-electron chi connectivity index (χ2n) is 18.5. The zero-order valence-corrected chi connectivity index (χ0v) is 31.1. The third-order valence-electron chi connectivity index (χ3n) is 10.9. The Morgan fingerprint density at radius 2 is 1.11 bits per heavy atom. The van der Waals surface area contributed by atoms with Gasteiger partial charge in [-0.15, -0.1) is 0 Å². The number of hydrogen-bond acceptors (Lipinski definition) is 6. The van der Waals surface area contributed by atoms with E-state index >= 15 is 0 Å². The van der Waals surface area contributed by atoms with Gasteiger partial charge in [-0.2, -0.15) is 0 Å². The predicted molar refractivity (Wildman–Crippen MR) is 179 cm³/mol. The van der Waals surface area contributed by atoms with Crippen LogP contribution in [-0.2, 0) is 18.7 Å². The van der Waals surface area contributed by atoms with E-state index in [1.54, 1.807) is 4.90 Å². The van der Waals surface area contributed by atoms with Crippen LogP contribution in [0.25, 0.3) is 0 Å². The van der Waals surface area contributed by atoms with Gasteiger partial charge in [-0.1, -0.05) is 20.8 Å². The molecule has 2 unspecified atom stereocenters. The number of likely N-dealkylation sites (tertiary alicyclic amines) is 2. The summed E-state index contributed by atoms with van der Waals surface area (Å²) >= 11 is 0. The van der Waals surface area contributed by atoms with E-state index in [2.05, 4.69) is 38.8 Å². The summed E-state index contributed by atoms with van der Waals surface area (Å²) in [6.07, 6.45) is 10.7. The van der Waals surface area contributed by atoms with Crippen LogP contribution in [0.3, 0.4) is 0 Å². The van der Waals surface area contributed by atoms with Gasteiger partial charge in [0.15, 0.2) is 14.1 Å². The first kappa shape index (κ1) is 34.7. The molecule has 0 aromatic heterocycles. The van der Waals surface area contributed by atoms with Crippen LogP contribution in [0.2, 0.25) is 18.1 Å². The van der Waals surface area contributed by atoms with Crippen molar-refractivity contribution in [3.63, 3.8) is 0 Å². The number of amides is 2. The van der Waals surface area contributed by atoms with Crippen molar-refractivity contribution in [2.75, 3.05) is 0 Å². The molecule has 4 saturated carbocycles. The summed E-state index contributed by atoms with van der Waals surface area (Å²) in [5, 5.41) is 0.190. The first-order valence-electron chi connectivity index (χ1n) is 17.9. The second kappa shape index (κ2) is 12.1. The maximum absolute atomic E-state index is 13.1. The first-order valence-corrected chi connectivity index (χ1v) is 20.8. The number of carbonyl (C=O) groups excluding carboxylic acids is 3. The zero-order chi connectivity index (χ0) is 33.3. The lowest BCUT2D eigenvalue weighted by Gasteiger charge is -2.40. The monoisotopic (exact) mass is 646 g/mol. The van der Waals surface area contributed by atoms with E-state index in [4.69, 9.17) is 13.9 Å². The van der Waals surface area contributed by atoms with E-state index in [1.165, 1.54) is 25.7 Å². The second-order valence-corrected chi connectivity index (χ2v) is 23.3. The van der Waals surface area contributed by atoms with Crippen molar-refractivity contribution in [3.05, 3.63) is 0 Å². The number of carbonyl (C=O) groups is 3. The van der Waals surface area contributed by atoms with Gasteiger partial charge in [0.1, 0.15) is 11.2 Å². The Morgan fingerprint density at radius 3 is 1.53 bits per heavy atom. The molecule has 0 bridgehead atoms. The lowest BCUT2D eigenvalue weighted by molar-refractivity contribution is -0.120. The zero-order valence-electron chi connectivity index (χ0n) is 30.1. The van der Waals surface area contributed by atoms with Gasteiger partial charge >= 0.3 is 12.2 Å². The molecular formula is C36H62N2O6Si. The minimum Gasteiger partial charge on any atom is -0.444 e. The molecule has 2 heterocycles. The van der Waals surface area contributed by atoms with Crippen LogP contribution in [0.1, 0.15) is 127 Å². The summed E-state index contributed by atoms with van der Waals surface area (Å²) in [7, 11) is -1.86. The highest BCUT2D eigenvalue weighted by molar-refractivity contribution is 6.74. The topological polar surface area (TPSA) is 85.4 Å². The maximum Gasteiger partial charge on any atom is 0.411 e. The molecule has 6 fully saturated rings. The average Bonchev–Trinajstić information content (AvgIpc) is 3.69. The van der Waals surface area contributed by atoms with Crippen LogP contribution >= 0.6 is 0 Å². The Morgan fingerprint density at radius 1 is 0.667 bits per heavy atom. The molecule has 2 saturated heterocycles. The number of Topliss-reactive ketones (excluding diaryl/α,β-unsaturated/α-hetero) is 1. The molecule has 0 spiro atoms. The van der Waals surface area contributed by atoms with Crippen molar-refractivity contribution >= 4 is 26.3 Å². The third-order valence-corrected chi connectivity index (χ3v) is 15.4. The average molecular weight is 647 g/mol. The van der Waals surface area contributed by atoms with Crippen LogP contribution < -0.4 is 0 Å². The summed E-state index contributed by atoms with van der Waals surface area (Å²) < 4.78 is 18.2. The predicted octanol–water partition coefficient (Wildman–Crippen LogP) is 8.33. The SMILES string of the molecule is CC(C)(C)OC(=O)N1C(C2CC2)CC(=O)[C@@H]1C1CC1.CC(C)(C)OC(=O)N1C(C2CC2)C[C@H](O[Si](C)(C)C(C)(C)C)[C@@H]1C1CC1. The minimum absolute atomic E-state index is 0.105. The van der Waals surface area contributed by atoms with Crippen molar-refractivity contribution in [1.82, 2.24) is 9.80 Å². The number of ether oxygens (including phenoxy) is 2. The molecule has 5 atom stereocenters. The highest BCUT2D eigenvalue weighted by Gasteiger charge is 2.57. The lowest BCUT2D eigenvalue weighted by atomic mass is 10.1. The van der Waals surface area contributed by atoms with Crippen LogP contribution in [-0.4, -0.2) is 77.6 Å². The largest absolute Gasteiger partial charge is 0.444 e. The smallest absolute Gasteiger partial charge is 0.411 e. The molecule has 45 heavy (non-hydrogen) atoms. The summed E-state index contributed by atoms with van der Waals surface area (Å²) in [4.78, 5) is 41.7. The normalized spacial score (nSPS) is 31.1. The first-order chi connectivity index (χ1) is 20.7. The molecular weight excluding hydrogens is 584 g/mol. The molecule has 0 radical (unpaired) electrons. The van der Waals surface area contributed by atoms with Gasteiger partial charge in [-0.05, 0) is 141 Å². The number of hydrogen-bond donors (Lipinski definition) is 0. The van der Waals surface area contributed by atoms with E-state index in [1.807, 2.05) is 41.5 Å². The fraction of sp³-hybridized carbons (Fsp3) is 0.917. The maximum atomic E-state index is 13.1. The van der Waals surface area contributed by atoms with Gasteiger partial charge in [0.05, 0.1) is 18.2 Å². The van der Waals surface area contributed by atoms with Crippen LogP contribution in [0.5, 0.6) is 0 Å². The van der Waals surface area contributed by atoms with E-state index in [0.29, 0.717) is 36.1 Å².